The molecule has 4 bridgehead atoms. The number of nitrogens with zero attached hydrogens (tertiary/aromatic N) is 3. The molecule has 1 aromatic carbocycles. The molecule has 37 heavy (non-hydrogen) atoms. The molecule has 2 aromatic heterocycles. The van der Waals surface area contributed by atoms with Crippen LogP contribution >= 0.6 is 0 Å². The quantitative estimate of drug-likeness (QED) is 0.477. The number of carboxylic acid groups (broad SMARTS) is 1. The predicted molar refractivity (Wildman–Crippen MR) is 132 cm³/mol. The number of sulfonamides is 1. The number of aliphatic carboxylic acids is 1. The minimum atomic E-state index is -4.70. The van der Waals surface area contributed by atoms with Gasteiger partial charge in [0.2, 0.25) is 0 Å². The lowest BCUT2D eigenvalue weighted by Crippen LogP contribution is -2.31. The molecule has 196 valence electrons. The third-order valence-electron chi connectivity index (χ3n) is 5.97. The highest BCUT2D eigenvalue weighted by atomic mass is 32.2. The van der Waals surface area contributed by atoms with Crippen LogP contribution in [0.5, 0.6) is 0 Å². The molecule has 0 fully saturated rings. The van der Waals surface area contributed by atoms with Crippen molar-refractivity contribution in [3.63, 3.8) is 0 Å². The van der Waals surface area contributed by atoms with E-state index in [2.05, 4.69) is 14.7 Å². The van der Waals surface area contributed by atoms with Gasteiger partial charge in [0.15, 0.2) is 5.03 Å². The van der Waals surface area contributed by atoms with Gasteiger partial charge >= 0.3 is 12.1 Å². The number of anilines is 2. The van der Waals surface area contributed by atoms with Crippen molar-refractivity contribution in [3.05, 3.63) is 65.7 Å². The molecule has 8 nitrogen and oxygen atoms in total. The van der Waals surface area contributed by atoms with E-state index < -0.39 is 32.8 Å². The molecular formula is C25H25F3N4O4S. The Labute approximate surface area is 212 Å². The van der Waals surface area contributed by atoms with Crippen molar-refractivity contribution >= 4 is 27.6 Å². The summed E-state index contributed by atoms with van der Waals surface area (Å²) in [5, 5.41) is 8.92. The summed E-state index contributed by atoms with van der Waals surface area (Å²) >= 11 is 0. The molecule has 0 radical (unpaired) electrons. The van der Waals surface area contributed by atoms with Gasteiger partial charge < -0.3 is 10.0 Å². The Morgan fingerprint density at radius 2 is 1.73 bits per heavy atom. The number of alkyl halides is 3. The largest absolute Gasteiger partial charge is 0.480 e. The molecule has 12 heteroatoms. The average Bonchev–Trinajstić information content (AvgIpc) is 2.84. The van der Waals surface area contributed by atoms with Crippen molar-refractivity contribution in [1.29, 1.82) is 0 Å². The SMILES string of the molecule is O=C(O)CN1CCCCCCc2ccccc2-c2nc(ccc2C(F)(F)F)NS(=O)(=O)c2cccc1n2. The molecule has 0 saturated carbocycles. The maximum absolute atomic E-state index is 13.9. The van der Waals surface area contributed by atoms with E-state index in [1.807, 2.05) is 0 Å². The van der Waals surface area contributed by atoms with Crippen LogP contribution in [0.4, 0.5) is 24.8 Å². The number of fused-ring (bicyclic) bond motifs is 6. The number of benzene rings is 1. The third kappa shape index (κ3) is 6.37. The summed E-state index contributed by atoms with van der Waals surface area (Å²) in [6.45, 7) is -0.00871. The molecule has 3 heterocycles. The van der Waals surface area contributed by atoms with E-state index in [1.165, 1.54) is 23.1 Å². The van der Waals surface area contributed by atoms with Crippen molar-refractivity contribution < 1.29 is 31.5 Å². The maximum Gasteiger partial charge on any atom is 0.418 e. The summed E-state index contributed by atoms with van der Waals surface area (Å²) < 4.78 is 70.1. The minimum Gasteiger partial charge on any atom is -0.480 e. The number of rotatable bonds is 2. The van der Waals surface area contributed by atoms with E-state index in [0.717, 1.165) is 25.0 Å². The first-order valence-corrected chi connectivity index (χ1v) is 13.2. The molecule has 1 aliphatic heterocycles. The second-order valence-electron chi connectivity index (χ2n) is 8.67. The summed E-state index contributed by atoms with van der Waals surface area (Å²) in [5.41, 5.74) is -0.370. The third-order valence-corrected chi connectivity index (χ3v) is 7.23. The standard InChI is InChI=1S/C25H25F3N4O4S/c26-25(27,28)19-13-14-20-29-24(19)18-10-5-4-9-17(18)8-3-1-2-6-15-32(16-23(33)34)21-11-7-12-22(30-21)37(35,36)31-20/h4-5,7,9-14H,1-3,6,8,15-16H2,(H,29,31)(H,33,34). The molecule has 0 unspecified atom stereocenters. The van der Waals surface area contributed by atoms with Gasteiger partial charge in [-0.2, -0.15) is 21.6 Å². The Morgan fingerprint density at radius 3 is 2.49 bits per heavy atom. The number of carboxylic acids is 1. The fraction of sp³-hybridized carbons (Fsp3) is 0.320. The second-order valence-corrected chi connectivity index (χ2v) is 10.3. The zero-order valence-electron chi connectivity index (χ0n) is 19.7. The van der Waals surface area contributed by atoms with Crippen LogP contribution in [0.15, 0.2) is 59.6 Å². The second kappa shape index (κ2) is 10.8. The van der Waals surface area contributed by atoms with Crippen LogP contribution in [0.25, 0.3) is 11.3 Å². The van der Waals surface area contributed by atoms with Crippen molar-refractivity contribution in [2.75, 3.05) is 22.7 Å². The summed E-state index contributed by atoms with van der Waals surface area (Å²) in [6, 6.07) is 12.6. The molecule has 1 aliphatic rings. The van der Waals surface area contributed by atoms with Gasteiger partial charge in [-0.25, -0.2) is 9.97 Å². The summed E-state index contributed by atoms with van der Waals surface area (Å²) in [7, 11) is -4.35. The van der Waals surface area contributed by atoms with Gasteiger partial charge in [-0.1, -0.05) is 43.2 Å². The zero-order chi connectivity index (χ0) is 26.6. The maximum atomic E-state index is 13.9. The fourth-order valence-corrected chi connectivity index (χ4v) is 5.21. The zero-order valence-corrected chi connectivity index (χ0v) is 20.5. The van der Waals surface area contributed by atoms with Gasteiger partial charge in [-0.15, -0.1) is 0 Å². The monoisotopic (exact) mass is 534 g/mol. The molecule has 0 atom stereocenters. The Bertz CT molecular complexity index is 1400. The lowest BCUT2D eigenvalue weighted by atomic mass is 9.96. The van der Waals surface area contributed by atoms with Gasteiger partial charge in [-0.3, -0.25) is 9.52 Å². The van der Waals surface area contributed by atoms with Gasteiger partial charge in [0.25, 0.3) is 10.0 Å². The smallest absolute Gasteiger partial charge is 0.418 e. The Hall–Kier alpha value is -3.67. The van der Waals surface area contributed by atoms with Crippen molar-refractivity contribution in [2.24, 2.45) is 0 Å². The van der Waals surface area contributed by atoms with Crippen LogP contribution in [-0.4, -0.2) is 42.6 Å². The van der Waals surface area contributed by atoms with Gasteiger partial charge in [0.05, 0.1) is 11.3 Å². The van der Waals surface area contributed by atoms with Crippen LogP contribution in [0.1, 0.15) is 36.8 Å². The Kier molecular flexibility index (Phi) is 7.67. The van der Waals surface area contributed by atoms with Crippen LogP contribution in [-0.2, 0) is 27.4 Å². The highest BCUT2D eigenvalue weighted by Crippen LogP contribution is 2.38. The van der Waals surface area contributed by atoms with E-state index in [-0.39, 0.29) is 29.4 Å². The Morgan fingerprint density at radius 1 is 0.973 bits per heavy atom. The number of carbonyl (C=O) groups is 1. The number of nitrogens with one attached hydrogen (secondary N) is 1. The van der Waals surface area contributed by atoms with Gasteiger partial charge in [-0.05, 0) is 49.1 Å². The number of aromatic nitrogens is 2. The van der Waals surface area contributed by atoms with E-state index >= 15 is 0 Å². The molecule has 0 saturated heterocycles. The molecule has 3 aromatic rings. The minimum absolute atomic E-state index is 0.170. The van der Waals surface area contributed by atoms with E-state index in [0.29, 0.717) is 31.4 Å². The molecule has 0 spiro atoms. The molecule has 0 amide bonds. The van der Waals surface area contributed by atoms with Crippen molar-refractivity contribution in [1.82, 2.24) is 9.97 Å². The van der Waals surface area contributed by atoms with E-state index in [4.69, 9.17) is 0 Å². The highest BCUT2D eigenvalue weighted by Gasteiger charge is 2.35. The predicted octanol–water partition coefficient (Wildman–Crippen LogP) is 4.97. The number of halogens is 3. The first-order chi connectivity index (χ1) is 17.5. The molecule has 2 N–H and O–H groups in total. The Balaban J connectivity index is 1.83. The highest BCUT2D eigenvalue weighted by molar-refractivity contribution is 7.92. The van der Waals surface area contributed by atoms with Crippen LogP contribution in [0, 0.1) is 0 Å². The van der Waals surface area contributed by atoms with Crippen LogP contribution in [0.3, 0.4) is 0 Å². The van der Waals surface area contributed by atoms with Crippen LogP contribution < -0.4 is 9.62 Å². The molecule has 0 aliphatic carbocycles. The van der Waals surface area contributed by atoms with E-state index in [9.17, 15) is 31.5 Å². The summed E-state index contributed by atoms with van der Waals surface area (Å²) in [4.78, 5) is 21.1. The van der Waals surface area contributed by atoms with Gasteiger partial charge in [0, 0.05) is 12.1 Å². The summed E-state index contributed by atoms with van der Waals surface area (Å²) in [5.74, 6) is -1.21. The van der Waals surface area contributed by atoms with E-state index in [1.54, 1.807) is 24.3 Å². The first-order valence-electron chi connectivity index (χ1n) is 11.7. The summed E-state index contributed by atoms with van der Waals surface area (Å²) in [6.07, 6.45) is -1.33. The number of pyridine rings is 2. The number of aryl methyl sites for hydroxylation is 1. The number of hydrogen-bond acceptors (Lipinski definition) is 6. The topological polar surface area (TPSA) is 112 Å². The van der Waals surface area contributed by atoms with Gasteiger partial charge in [0.1, 0.15) is 18.2 Å². The normalized spacial score (nSPS) is 16.2. The lowest BCUT2D eigenvalue weighted by molar-refractivity contribution is -0.137. The number of hydrogen-bond donors (Lipinski definition) is 2. The molecule has 4 rings (SSSR count). The average molecular weight is 535 g/mol. The van der Waals surface area contributed by atoms with Crippen molar-refractivity contribution in [3.8, 4) is 11.3 Å². The van der Waals surface area contributed by atoms with Crippen molar-refractivity contribution in [2.45, 2.75) is 43.3 Å². The van der Waals surface area contributed by atoms with Crippen LogP contribution in [0.2, 0.25) is 0 Å². The fourth-order valence-electron chi connectivity index (χ4n) is 4.25. The molecular weight excluding hydrogens is 509 g/mol. The lowest BCUT2D eigenvalue weighted by Gasteiger charge is -2.22. The first kappa shape index (κ1) is 26.4.